The average molecular weight is 505 g/mol. The lowest BCUT2D eigenvalue weighted by atomic mass is 10.1. The zero-order valence-corrected chi connectivity index (χ0v) is 19.5. The Morgan fingerprint density at radius 1 is 0.938 bits per heavy atom. The first-order valence-corrected chi connectivity index (χ1v) is 10.8. The first-order chi connectivity index (χ1) is 15.3. The standard InChI is InChI=1S/C23H25BrN2O6/c1-3-15-13-17(24)9-12-19(15)26-21(28)14-32-22(29)6-4-5-20(27)25-18-10-7-16(8-11-18)23(30)31-2/h7-13H,3-6,14H2,1-2H3,(H,25,27)(H,26,28). The van der Waals surface area contributed by atoms with Crippen LogP contribution in [0.25, 0.3) is 0 Å². The number of amides is 2. The number of ether oxygens (including phenoxy) is 2. The van der Waals surface area contributed by atoms with Crippen LogP contribution in [0.1, 0.15) is 42.1 Å². The molecule has 0 saturated heterocycles. The zero-order chi connectivity index (χ0) is 23.5. The second-order valence-corrected chi connectivity index (χ2v) is 7.75. The molecule has 0 aliphatic heterocycles. The molecule has 2 rings (SSSR count). The Morgan fingerprint density at radius 3 is 2.31 bits per heavy atom. The SMILES string of the molecule is CCc1cc(Br)ccc1NC(=O)COC(=O)CCCC(=O)Nc1ccc(C(=O)OC)cc1. The highest BCUT2D eigenvalue weighted by Crippen LogP contribution is 2.21. The first kappa shape index (κ1) is 25.1. The molecule has 0 aliphatic carbocycles. The molecule has 0 heterocycles. The van der Waals surface area contributed by atoms with Crippen molar-refractivity contribution in [2.75, 3.05) is 24.4 Å². The molecule has 0 aromatic heterocycles. The second kappa shape index (κ2) is 12.6. The van der Waals surface area contributed by atoms with Gasteiger partial charge in [-0.3, -0.25) is 14.4 Å². The summed E-state index contributed by atoms with van der Waals surface area (Å²) < 4.78 is 10.5. The van der Waals surface area contributed by atoms with Crippen molar-refractivity contribution in [2.24, 2.45) is 0 Å². The van der Waals surface area contributed by atoms with Crippen molar-refractivity contribution in [3.05, 3.63) is 58.1 Å². The normalized spacial score (nSPS) is 10.2. The summed E-state index contributed by atoms with van der Waals surface area (Å²) in [6.07, 6.45) is 1.14. The van der Waals surface area contributed by atoms with E-state index < -0.39 is 24.5 Å². The van der Waals surface area contributed by atoms with Gasteiger partial charge in [0.05, 0.1) is 12.7 Å². The van der Waals surface area contributed by atoms with Crippen LogP contribution in [0.3, 0.4) is 0 Å². The predicted molar refractivity (Wildman–Crippen MR) is 123 cm³/mol. The van der Waals surface area contributed by atoms with Gasteiger partial charge in [0.2, 0.25) is 5.91 Å². The van der Waals surface area contributed by atoms with Crippen molar-refractivity contribution in [1.29, 1.82) is 0 Å². The van der Waals surface area contributed by atoms with E-state index in [0.717, 1.165) is 16.5 Å². The third-order valence-electron chi connectivity index (χ3n) is 4.46. The highest BCUT2D eigenvalue weighted by Gasteiger charge is 2.12. The number of hydrogen-bond donors (Lipinski definition) is 2. The van der Waals surface area contributed by atoms with Gasteiger partial charge in [0.1, 0.15) is 0 Å². The van der Waals surface area contributed by atoms with E-state index in [2.05, 4.69) is 31.3 Å². The number of benzene rings is 2. The molecule has 0 saturated carbocycles. The largest absolute Gasteiger partial charge is 0.465 e. The smallest absolute Gasteiger partial charge is 0.337 e. The monoisotopic (exact) mass is 504 g/mol. The molecule has 2 aromatic carbocycles. The average Bonchev–Trinajstić information content (AvgIpc) is 2.78. The van der Waals surface area contributed by atoms with E-state index in [4.69, 9.17) is 4.74 Å². The van der Waals surface area contributed by atoms with Crippen molar-refractivity contribution >= 4 is 51.1 Å². The quantitative estimate of drug-likeness (QED) is 0.471. The Morgan fingerprint density at radius 2 is 1.66 bits per heavy atom. The number of rotatable bonds is 10. The van der Waals surface area contributed by atoms with Crippen LogP contribution in [0.15, 0.2) is 46.9 Å². The summed E-state index contributed by atoms with van der Waals surface area (Å²) in [5, 5.41) is 5.41. The van der Waals surface area contributed by atoms with E-state index in [1.165, 1.54) is 7.11 Å². The van der Waals surface area contributed by atoms with Crippen molar-refractivity contribution in [2.45, 2.75) is 32.6 Å². The van der Waals surface area contributed by atoms with E-state index >= 15 is 0 Å². The summed E-state index contributed by atoms with van der Waals surface area (Å²) in [6.45, 7) is 1.59. The number of anilines is 2. The van der Waals surface area contributed by atoms with E-state index in [1.54, 1.807) is 30.3 Å². The van der Waals surface area contributed by atoms with Crippen LogP contribution in [0.2, 0.25) is 0 Å². The van der Waals surface area contributed by atoms with Gasteiger partial charge in [-0.1, -0.05) is 22.9 Å². The van der Waals surface area contributed by atoms with Crippen LogP contribution in [0.5, 0.6) is 0 Å². The Bertz CT molecular complexity index is 975. The lowest BCUT2D eigenvalue weighted by Crippen LogP contribution is -2.21. The number of carbonyl (C=O) groups is 4. The summed E-state index contributed by atoms with van der Waals surface area (Å²) >= 11 is 3.39. The minimum atomic E-state index is -0.554. The van der Waals surface area contributed by atoms with Crippen molar-refractivity contribution in [3.63, 3.8) is 0 Å². The molecule has 32 heavy (non-hydrogen) atoms. The van der Waals surface area contributed by atoms with Gasteiger partial charge in [0, 0.05) is 28.7 Å². The maximum atomic E-state index is 12.0. The molecule has 2 amide bonds. The molecule has 170 valence electrons. The molecule has 0 unspecified atom stereocenters. The minimum Gasteiger partial charge on any atom is -0.465 e. The molecule has 0 fully saturated rings. The van der Waals surface area contributed by atoms with Crippen molar-refractivity contribution in [1.82, 2.24) is 0 Å². The Hall–Kier alpha value is -3.20. The van der Waals surface area contributed by atoms with Crippen LogP contribution in [0.4, 0.5) is 11.4 Å². The van der Waals surface area contributed by atoms with Gasteiger partial charge < -0.3 is 20.1 Å². The lowest BCUT2D eigenvalue weighted by molar-refractivity contribution is -0.147. The summed E-state index contributed by atoms with van der Waals surface area (Å²) in [5.41, 5.74) is 2.54. The molecule has 0 aliphatic rings. The number of carbonyl (C=O) groups excluding carboxylic acids is 4. The van der Waals surface area contributed by atoms with Crippen molar-refractivity contribution < 1.29 is 28.7 Å². The predicted octanol–water partition coefficient (Wildman–Crippen LogP) is 4.09. The number of methoxy groups -OCH3 is 1. The van der Waals surface area contributed by atoms with Gasteiger partial charge >= 0.3 is 11.9 Å². The topological polar surface area (TPSA) is 111 Å². The number of halogens is 1. The number of aryl methyl sites for hydroxylation is 1. The number of nitrogens with one attached hydrogen (secondary N) is 2. The molecule has 9 heteroatoms. The van der Waals surface area contributed by atoms with Gasteiger partial charge in [-0.05, 0) is 60.9 Å². The van der Waals surface area contributed by atoms with E-state index in [9.17, 15) is 19.2 Å². The molecule has 0 atom stereocenters. The molecular weight excluding hydrogens is 480 g/mol. The molecule has 2 N–H and O–H groups in total. The van der Waals surface area contributed by atoms with Crippen LogP contribution in [-0.4, -0.2) is 37.5 Å². The summed E-state index contributed by atoms with van der Waals surface area (Å²) in [5.74, 6) is -1.72. The van der Waals surface area contributed by atoms with Gasteiger partial charge in [0.25, 0.3) is 5.91 Å². The molecule has 0 bridgehead atoms. The van der Waals surface area contributed by atoms with Gasteiger partial charge in [-0.15, -0.1) is 0 Å². The maximum absolute atomic E-state index is 12.0. The number of esters is 2. The summed E-state index contributed by atoms with van der Waals surface area (Å²) in [6, 6.07) is 11.8. The van der Waals surface area contributed by atoms with E-state index in [1.807, 2.05) is 19.1 Å². The fraction of sp³-hybridized carbons (Fsp3) is 0.304. The Kier molecular flexibility index (Phi) is 9.87. The maximum Gasteiger partial charge on any atom is 0.337 e. The lowest BCUT2D eigenvalue weighted by Gasteiger charge is -2.11. The third-order valence-corrected chi connectivity index (χ3v) is 4.95. The minimum absolute atomic E-state index is 0.0144. The zero-order valence-electron chi connectivity index (χ0n) is 17.9. The Balaban J connectivity index is 1.68. The fourth-order valence-electron chi connectivity index (χ4n) is 2.81. The third kappa shape index (κ3) is 8.14. The number of hydrogen-bond acceptors (Lipinski definition) is 6. The highest BCUT2D eigenvalue weighted by atomic mass is 79.9. The Labute approximate surface area is 194 Å². The van der Waals surface area contributed by atoms with Crippen LogP contribution in [-0.2, 0) is 30.3 Å². The van der Waals surface area contributed by atoms with Crippen LogP contribution >= 0.6 is 15.9 Å². The molecule has 8 nitrogen and oxygen atoms in total. The molecular formula is C23H25BrN2O6. The van der Waals surface area contributed by atoms with E-state index in [0.29, 0.717) is 16.9 Å². The highest BCUT2D eigenvalue weighted by molar-refractivity contribution is 9.10. The second-order valence-electron chi connectivity index (χ2n) is 6.83. The van der Waals surface area contributed by atoms with E-state index in [-0.39, 0.29) is 25.2 Å². The molecule has 0 spiro atoms. The van der Waals surface area contributed by atoms with Gasteiger partial charge in [0.15, 0.2) is 6.61 Å². The first-order valence-electron chi connectivity index (χ1n) is 10.0. The summed E-state index contributed by atoms with van der Waals surface area (Å²) in [7, 11) is 1.29. The van der Waals surface area contributed by atoms with Crippen molar-refractivity contribution in [3.8, 4) is 0 Å². The fourth-order valence-corrected chi connectivity index (χ4v) is 3.21. The van der Waals surface area contributed by atoms with Crippen LogP contribution < -0.4 is 10.6 Å². The van der Waals surface area contributed by atoms with Gasteiger partial charge in [-0.25, -0.2) is 4.79 Å². The van der Waals surface area contributed by atoms with Crippen LogP contribution in [0, 0.1) is 0 Å². The van der Waals surface area contributed by atoms with Gasteiger partial charge in [-0.2, -0.15) is 0 Å². The molecule has 0 radical (unpaired) electrons. The molecule has 2 aromatic rings. The summed E-state index contributed by atoms with van der Waals surface area (Å²) in [4.78, 5) is 47.3.